The van der Waals surface area contributed by atoms with Crippen molar-refractivity contribution in [3.8, 4) is 0 Å². The molecular weight excluding hydrogens is 244 g/mol. The predicted molar refractivity (Wildman–Crippen MR) is 69.7 cm³/mol. The van der Waals surface area contributed by atoms with Crippen LogP contribution in [-0.2, 0) is 22.5 Å². The van der Waals surface area contributed by atoms with E-state index in [4.69, 9.17) is 0 Å². The highest BCUT2D eigenvalue weighted by atomic mass is 16.5. The van der Waals surface area contributed by atoms with Gasteiger partial charge in [0.05, 0.1) is 13.2 Å². The van der Waals surface area contributed by atoms with E-state index in [-0.39, 0.29) is 12.5 Å². The Morgan fingerprint density at radius 3 is 2.79 bits per heavy atom. The Morgan fingerprint density at radius 1 is 1.32 bits per heavy atom. The van der Waals surface area contributed by atoms with E-state index in [0.717, 1.165) is 19.5 Å². The van der Waals surface area contributed by atoms with E-state index in [2.05, 4.69) is 22.2 Å². The molecule has 19 heavy (non-hydrogen) atoms. The van der Waals surface area contributed by atoms with Crippen LogP contribution in [0.15, 0.2) is 24.3 Å². The summed E-state index contributed by atoms with van der Waals surface area (Å²) < 4.78 is 4.68. The van der Waals surface area contributed by atoms with Gasteiger partial charge in [0.2, 0.25) is 0 Å². The van der Waals surface area contributed by atoms with E-state index in [9.17, 15) is 9.59 Å². The molecule has 0 saturated heterocycles. The minimum absolute atomic E-state index is 0.267. The molecule has 1 atom stereocenters. The van der Waals surface area contributed by atoms with Crippen molar-refractivity contribution in [3.05, 3.63) is 35.4 Å². The quantitative estimate of drug-likeness (QED) is 0.800. The second-order valence-electron chi connectivity index (χ2n) is 4.64. The summed E-state index contributed by atoms with van der Waals surface area (Å²) in [6.45, 7) is 4.01. The highest BCUT2D eigenvalue weighted by Crippen LogP contribution is 2.10. The Bertz CT molecular complexity index is 474. The molecule has 0 fully saturated rings. The number of carbonyl (C=O) groups is 2. The van der Waals surface area contributed by atoms with E-state index in [0.29, 0.717) is 6.54 Å². The lowest BCUT2D eigenvalue weighted by atomic mass is 10.00. The zero-order valence-electron chi connectivity index (χ0n) is 11.1. The van der Waals surface area contributed by atoms with E-state index in [1.807, 2.05) is 12.1 Å². The van der Waals surface area contributed by atoms with Crippen molar-refractivity contribution in [2.45, 2.75) is 19.9 Å². The van der Waals surface area contributed by atoms with Gasteiger partial charge in [0.25, 0.3) is 5.91 Å². The van der Waals surface area contributed by atoms with Gasteiger partial charge in [-0.05, 0) is 12.5 Å². The number of quaternary nitrogens is 1. The standard InChI is InChI=1S/C14H18N2O3/c1-2-19-14(18)15-13(17)10-16-8-7-11-5-3-4-6-12(11)9-16/h3-6H,2,7-10H2,1H3,(H,15,17,18)/p+1. The highest BCUT2D eigenvalue weighted by Gasteiger charge is 2.22. The fraction of sp³-hybridized carbons (Fsp3) is 0.429. The zero-order chi connectivity index (χ0) is 13.7. The minimum atomic E-state index is -0.663. The van der Waals surface area contributed by atoms with Crippen LogP contribution in [0.5, 0.6) is 0 Å². The number of rotatable bonds is 3. The molecule has 1 aromatic carbocycles. The first-order chi connectivity index (χ1) is 9.19. The summed E-state index contributed by atoms with van der Waals surface area (Å²) in [4.78, 5) is 24.0. The maximum atomic E-state index is 11.7. The molecule has 2 N–H and O–H groups in total. The summed E-state index contributed by atoms with van der Waals surface area (Å²) in [5.41, 5.74) is 2.64. The van der Waals surface area contributed by atoms with Gasteiger partial charge < -0.3 is 9.64 Å². The first-order valence-corrected chi connectivity index (χ1v) is 6.56. The van der Waals surface area contributed by atoms with Gasteiger partial charge in [-0.3, -0.25) is 10.1 Å². The lowest BCUT2D eigenvalue weighted by Crippen LogP contribution is -3.12. The number of fused-ring (bicyclic) bond motifs is 1. The maximum absolute atomic E-state index is 11.7. The monoisotopic (exact) mass is 263 g/mol. The highest BCUT2D eigenvalue weighted by molar-refractivity contribution is 5.92. The van der Waals surface area contributed by atoms with E-state index < -0.39 is 6.09 Å². The molecule has 1 unspecified atom stereocenters. The molecule has 0 bridgehead atoms. The first kappa shape index (κ1) is 13.5. The summed E-state index contributed by atoms with van der Waals surface area (Å²) in [5, 5.41) is 2.23. The number of imide groups is 1. The number of alkyl carbamates (subject to hydrolysis) is 1. The van der Waals surface area contributed by atoms with E-state index in [1.54, 1.807) is 6.92 Å². The van der Waals surface area contributed by atoms with Gasteiger partial charge in [-0.2, -0.15) is 0 Å². The number of hydrogen-bond donors (Lipinski definition) is 2. The molecule has 1 aliphatic heterocycles. The third kappa shape index (κ3) is 3.79. The fourth-order valence-corrected chi connectivity index (χ4v) is 2.35. The second kappa shape index (κ2) is 6.33. The summed E-state index contributed by atoms with van der Waals surface area (Å²) in [7, 11) is 0. The van der Waals surface area contributed by atoms with Gasteiger partial charge in [-0.25, -0.2) is 4.79 Å². The van der Waals surface area contributed by atoms with Crippen molar-refractivity contribution in [2.24, 2.45) is 0 Å². The van der Waals surface area contributed by atoms with Crippen LogP contribution in [-0.4, -0.2) is 31.7 Å². The Labute approximate surface area is 112 Å². The second-order valence-corrected chi connectivity index (χ2v) is 4.64. The third-order valence-corrected chi connectivity index (χ3v) is 3.23. The average molecular weight is 263 g/mol. The summed E-state index contributed by atoms with van der Waals surface area (Å²) in [6.07, 6.45) is 0.308. The van der Waals surface area contributed by atoms with Crippen molar-refractivity contribution in [1.82, 2.24) is 5.32 Å². The molecule has 5 heteroatoms. The van der Waals surface area contributed by atoms with Crippen molar-refractivity contribution >= 4 is 12.0 Å². The van der Waals surface area contributed by atoms with Crippen molar-refractivity contribution in [3.63, 3.8) is 0 Å². The summed E-state index contributed by atoms with van der Waals surface area (Å²) in [6, 6.07) is 8.28. The van der Waals surface area contributed by atoms with Crippen molar-refractivity contribution in [1.29, 1.82) is 0 Å². The van der Waals surface area contributed by atoms with Crippen LogP contribution in [0.3, 0.4) is 0 Å². The Hall–Kier alpha value is -1.88. The largest absolute Gasteiger partial charge is 0.450 e. The Morgan fingerprint density at radius 2 is 2.05 bits per heavy atom. The number of ether oxygens (including phenoxy) is 1. The lowest BCUT2D eigenvalue weighted by Gasteiger charge is -2.25. The van der Waals surface area contributed by atoms with Gasteiger partial charge in [0, 0.05) is 12.0 Å². The number of benzene rings is 1. The number of amides is 2. The van der Waals surface area contributed by atoms with Gasteiger partial charge in [0.15, 0.2) is 6.54 Å². The van der Waals surface area contributed by atoms with Gasteiger partial charge in [-0.1, -0.05) is 24.3 Å². The van der Waals surface area contributed by atoms with Crippen LogP contribution in [0.1, 0.15) is 18.1 Å². The third-order valence-electron chi connectivity index (χ3n) is 3.23. The molecular formula is C14H19N2O3+. The molecule has 5 nitrogen and oxygen atoms in total. The molecule has 1 aliphatic rings. The SMILES string of the molecule is CCOC(=O)NC(=O)C[NH+]1CCc2ccccc2C1. The van der Waals surface area contributed by atoms with Gasteiger partial charge in [-0.15, -0.1) is 0 Å². The molecule has 0 aromatic heterocycles. The van der Waals surface area contributed by atoms with Crippen LogP contribution >= 0.6 is 0 Å². The maximum Gasteiger partial charge on any atom is 0.414 e. The lowest BCUT2D eigenvalue weighted by molar-refractivity contribution is -0.908. The Kier molecular flexibility index (Phi) is 4.52. The van der Waals surface area contributed by atoms with E-state index in [1.165, 1.54) is 16.0 Å². The topological polar surface area (TPSA) is 59.8 Å². The normalized spacial score (nSPS) is 17.4. The molecule has 1 aromatic rings. The molecule has 1 heterocycles. The molecule has 0 aliphatic carbocycles. The number of nitrogens with one attached hydrogen (secondary N) is 2. The van der Waals surface area contributed by atoms with Crippen molar-refractivity contribution < 1.29 is 19.2 Å². The van der Waals surface area contributed by atoms with Crippen LogP contribution in [0.25, 0.3) is 0 Å². The molecule has 2 amide bonds. The first-order valence-electron chi connectivity index (χ1n) is 6.56. The molecule has 0 saturated carbocycles. The molecule has 2 rings (SSSR count). The van der Waals surface area contributed by atoms with Crippen LogP contribution in [0.4, 0.5) is 4.79 Å². The van der Waals surface area contributed by atoms with Crippen LogP contribution < -0.4 is 10.2 Å². The molecule has 0 spiro atoms. The smallest absolute Gasteiger partial charge is 0.414 e. The fourth-order valence-electron chi connectivity index (χ4n) is 2.35. The molecule has 102 valence electrons. The molecule has 0 radical (unpaired) electrons. The Balaban J connectivity index is 1.85. The number of hydrogen-bond acceptors (Lipinski definition) is 3. The minimum Gasteiger partial charge on any atom is -0.450 e. The van der Waals surface area contributed by atoms with Crippen LogP contribution in [0.2, 0.25) is 0 Å². The van der Waals surface area contributed by atoms with E-state index >= 15 is 0 Å². The van der Waals surface area contributed by atoms with Crippen LogP contribution in [0, 0.1) is 0 Å². The average Bonchev–Trinajstić information content (AvgIpc) is 2.38. The number of carbonyl (C=O) groups excluding carboxylic acids is 2. The zero-order valence-corrected chi connectivity index (χ0v) is 11.1. The summed E-state index contributed by atoms with van der Waals surface area (Å²) in [5.74, 6) is -0.284. The van der Waals surface area contributed by atoms with Gasteiger partial charge in [0.1, 0.15) is 6.54 Å². The van der Waals surface area contributed by atoms with Crippen molar-refractivity contribution in [2.75, 3.05) is 19.7 Å². The van der Waals surface area contributed by atoms with Gasteiger partial charge >= 0.3 is 6.09 Å². The summed E-state index contributed by atoms with van der Waals surface area (Å²) >= 11 is 0. The predicted octanol–water partition coefficient (Wildman–Crippen LogP) is -0.0997.